The standard InChI is InChI=1S/C19H15F3N4O2/c1-11(12-6-8-13(9-7-12)24-18(28)19(20,21)22)25-26-17(27)15-10-23-16-5-3-2-4-14(15)16/h2-10,23H,1H3,(H,24,28)(H,26,27). The first-order chi connectivity index (χ1) is 13.3. The summed E-state index contributed by atoms with van der Waals surface area (Å²) in [5.74, 6) is -2.44. The van der Waals surface area contributed by atoms with Gasteiger partial charge in [-0.05, 0) is 30.7 Å². The normalized spacial score (nSPS) is 12.1. The maximum absolute atomic E-state index is 12.3. The number of hydrogen-bond donors (Lipinski definition) is 3. The Balaban J connectivity index is 1.68. The van der Waals surface area contributed by atoms with E-state index in [9.17, 15) is 22.8 Å². The van der Waals surface area contributed by atoms with Crippen molar-refractivity contribution >= 4 is 34.1 Å². The van der Waals surface area contributed by atoms with Gasteiger partial charge in [-0.2, -0.15) is 18.3 Å². The van der Waals surface area contributed by atoms with E-state index in [4.69, 9.17) is 0 Å². The summed E-state index contributed by atoms with van der Waals surface area (Å²) in [6, 6.07) is 12.9. The van der Waals surface area contributed by atoms with E-state index in [1.165, 1.54) is 24.3 Å². The van der Waals surface area contributed by atoms with Crippen LogP contribution in [-0.2, 0) is 4.79 Å². The van der Waals surface area contributed by atoms with Crippen LogP contribution >= 0.6 is 0 Å². The lowest BCUT2D eigenvalue weighted by Crippen LogP contribution is -2.29. The van der Waals surface area contributed by atoms with E-state index in [0.717, 1.165) is 10.9 Å². The summed E-state index contributed by atoms with van der Waals surface area (Å²) < 4.78 is 36.8. The number of fused-ring (bicyclic) bond motifs is 1. The van der Waals surface area contributed by atoms with Crippen molar-refractivity contribution in [1.29, 1.82) is 0 Å². The number of H-pyrrole nitrogens is 1. The molecule has 9 heteroatoms. The molecule has 3 N–H and O–H groups in total. The monoisotopic (exact) mass is 388 g/mol. The second-order valence-corrected chi connectivity index (χ2v) is 5.92. The fraction of sp³-hybridized carbons (Fsp3) is 0.105. The third kappa shape index (κ3) is 4.20. The van der Waals surface area contributed by atoms with Gasteiger partial charge in [-0.15, -0.1) is 0 Å². The highest BCUT2D eigenvalue weighted by atomic mass is 19.4. The van der Waals surface area contributed by atoms with E-state index < -0.39 is 18.0 Å². The molecule has 28 heavy (non-hydrogen) atoms. The Kier molecular flexibility index (Phi) is 5.16. The number of halogens is 3. The van der Waals surface area contributed by atoms with Gasteiger partial charge in [-0.3, -0.25) is 9.59 Å². The molecule has 0 unspecified atom stereocenters. The van der Waals surface area contributed by atoms with Crippen molar-refractivity contribution in [2.24, 2.45) is 5.10 Å². The van der Waals surface area contributed by atoms with Crippen LogP contribution in [0.1, 0.15) is 22.8 Å². The summed E-state index contributed by atoms with van der Waals surface area (Å²) >= 11 is 0. The number of aromatic amines is 1. The molecule has 2 aromatic carbocycles. The second-order valence-electron chi connectivity index (χ2n) is 5.92. The fourth-order valence-corrected chi connectivity index (χ4v) is 2.52. The average molecular weight is 388 g/mol. The van der Waals surface area contributed by atoms with Crippen LogP contribution in [0.2, 0.25) is 0 Å². The van der Waals surface area contributed by atoms with E-state index in [1.807, 2.05) is 24.3 Å². The van der Waals surface area contributed by atoms with Gasteiger partial charge < -0.3 is 10.3 Å². The van der Waals surface area contributed by atoms with Crippen molar-refractivity contribution in [2.45, 2.75) is 13.1 Å². The maximum atomic E-state index is 12.3. The van der Waals surface area contributed by atoms with Gasteiger partial charge in [0.1, 0.15) is 0 Å². The minimum Gasteiger partial charge on any atom is -0.360 e. The second kappa shape index (κ2) is 7.55. The van der Waals surface area contributed by atoms with Crippen LogP contribution in [0.3, 0.4) is 0 Å². The molecule has 0 aliphatic carbocycles. The minimum atomic E-state index is -4.96. The summed E-state index contributed by atoms with van der Waals surface area (Å²) in [5, 5.41) is 6.54. The van der Waals surface area contributed by atoms with Gasteiger partial charge in [0, 0.05) is 22.8 Å². The lowest BCUT2D eigenvalue weighted by atomic mass is 10.1. The zero-order valence-corrected chi connectivity index (χ0v) is 14.6. The topological polar surface area (TPSA) is 86.3 Å². The molecule has 0 atom stereocenters. The number of alkyl halides is 3. The first-order valence-electron chi connectivity index (χ1n) is 8.15. The SMILES string of the molecule is CC(=NNC(=O)c1c[nH]c2ccccc12)c1ccc(NC(=O)C(F)(F)F)cc1. The molecule has 1 heterocycles. The van der Waals surface area contributed by atoms with Crippen LogP contribution < -0.4 is 10.7 Å². The van der Waals surface area contributed by atoms with Gasteiger partial charge in [0.2, 0.25) is 0 Å². The van der Waals surface area contributed by atoms with Crippen LogP contribution in [0.25, 0.3) is 10.9 Å². The average Bonchev–Trinajstić information content (AvgIpc) is 3.10. The van der Waals surface area contributed by atoms with Crippen LogP contribution in [-0.4, -0.2) is 28.7 Å². The van der Waals surface area contributed by atoms with E-state index >= 15 is 0 Å². The Labute approximate surface area is 157 Å². The summed E-state index contributed by atoms with van der Waals surface area (Å²) in [5.41, 5.74) is 4.74. The Morgan fingerprint density at radius 1 is 1.04 bits per heavy atom. The highest BCUT2D eigenvalue weighted by Gasteiger charge is 2.38. The van der Waals surface area contributed by atoms with Crippen molar-refractivity contribution < 1.29 is 22.8 Å². The van der Waals surface area contributed by atoms with Crippen LogP contribution in [0.5, 0.6) is 0 Å². The van der Waals surface area contributed by atoms with E-state index in [2.05, 4.69) is 15.5 Å². The zero-order chi connectivity index (χ0) is 20.3. The minimum absolute atomic E-state index is 0.00158. The molecule has 0 spiro atoms. The number of nitrogens with one attached hydrogen (secondary N) is 3. The smallest absolute Gasteiger partial charge is 0.360 e. The zero-order valence-electron chi connectivity index (χ0n) is 14.6. The van der Waals surface area contributed by atoms with Crippen molar-refractivity contribution in [3.63, 3.8) is 0 Å². The molecule has 2 amide bonds. The summed E-state index contributed by atoms with van der Waals surface area (Å²) in [4.78, 5) is 26.3. The molecule has 0 bridgehead atoms. The summed E-state index contributed by atoms with van der Waals surface area (Å²) in [6.45, 7) is 1.64. The van der Waals surface area contributed by atoms with E-state index in [0.29, 0.717) is 16.8 Å². The quantitative estimate of drug-likeness (QED) is 0.469. The Hall–Kier alpha value is -3.62. The summed E-state index contributed by atoms with van der Waals surface area (Å²) in [7, 11) is 0. The molecule has 3 aromatic rings. The molecule has 0 saturated carbocycles. The molecule has 0 aliphatic rings. The van der Waals surface area contributed by atoms with Crippen molar-refractivity contribution in [2.75, 3.05) is 5.32 Å². The molecule has 6 nitrogen and oxygen atoms in total. The molecule has 1 aromatic heterocycles. The summed E-state index contributed by atoms with van der Waals surface area (Å²) in [6.07, 6.45) is -3.37. The number of hydrazone groups is 1. The van der Waals surface area contributed by atoms with Gasteiger partial charge >= 0.3 is 12.1 Å². The first kappa shape index (κ1) is 19.2. The number of nitrogens with zero attached hydrogens (tertiary/aromatic N) is 1. The van der Waals surface area contributed by atoms with E-state index in [1.54, 1.807) is 18.4 Å². The van der Waals surface area contributed by atoms with Gasteiger partial charge in [-0.1, -0.05) is 30.3 Å². The van der Waals surface area contributed by atoms with Gasteiger partial charge in [0.15, 0.2) is 0 Å². The van der Waals surface area contributed by atoms with Crippen LogP contribution in [0.4, 0.5) is 18.9 Å². The number of anilines is 1. The number of para-hydroxylation sites is 1. The highest BCUT2D eigenvalue weighted by molar-refractivity contribution is 6.07. The van der Waals surface area contributed by atoms with Crippen molar-refractivity contribution in [1.82, 2.24) is 10.4 Å². The third-order valence-corrected chi connectivity index (χ3v) is 3.98. The number of rotatable bonds is 4. The number of amides is 2. The van der Waals surface area contributed by atoms with E-state index in [-0.39, 0.29) is 5.69 Å². The predicted molar refractivity (Wildman–Crippen MR) is 99.1 cm³/mol. The fourth-order valence-electron chi connectivity index (χ4n) is 2.52. The largest absolute Gasteiger partial charge is 0.471 e. The number of hydrogen-bond acceptors (Lipinski definition) is 3. The molecule has 144 valence electrons. The Bertz CT molecular complexity index is 1050. The lowest BCUT2D eigenvalue weighted by Gasteiger charge is -2.08. The van der Waals surface area contributed by atoms with Crippen molar-refractivity contribution in [3.05, 3.63) is 65.9 Å². The molecule has 0 saturated heterocycles. The number of aromatic nitrogens is 1. The van der Waals surface area contributed by atoms with Crippen LogP contribution in [0, 0.1) is 0 Å². The third-order valence-electron chi connectivity index (χ3n) is 3.98. The highest BCUT2D eigenvalue weighted by Crippen LogP contribution is 2.19. The first-order valence-corrected chi connectivity index (χ1v) is 8.15. The molecule has 0 radical (unpaired) electrons. The molecule has 3 rings (SSSR count). The van der Waals surface area contributed by atoms with Crippen molar-refractivity contribution in [3.8, 4) is 0 Å². The van der Waals surface area contributed by atoms with Gasteiger partial charge in [0.25, 0.3) is 5.91 Å². The Morgan fingerprint density at radius 3 is 2.39 bits per heavy atom. The molecule has 0 fully saturated rings. The lowest BCUT2D eigenvalue weighted by molar-refractivity contribution is -0.167. The number of benzene rings is 2. The number of carbonyl (C=O) groups excluding carboxylic acids is 2. The van der Waals surface area contributed by atoms with Gasteiger partial charge in [-0.25, -0.2) is 5.43 Å². The molecular weight excluding hydrogens is 373 g/mol. The maximum Gasteiger partial charge on any atom is 0.471 e. The number of carbonyl (C=O) groups is 2. The predicted octanol–water partition coefficient (Wildman–Crippen LogP) is 3.82. The molecule has 0 aliphatic heterocycles. The van der Waals surface area contributed by atoms with Crippen LogP contribution in [0.15, 0.2) is 59.8 Å². The molecular formula is C19H15F3N4O2. The van der Waals surface area contributed by atoms with Gasteiger partial charge in [0.05, 0.1) is 11.3 Å². The Morgan fingerprint density at radius 2 is 1.71 bits per heavy atom.